The minimum atomic E-state index is -3.08. The summed E-state index contributed by atoms with van der Waals surface area (Å²) in [6, 6.07) is 0.584. The first-order valence-corrected chi connectivity index (χ1v) is 8.81. The lowest BCUT2D eigenvalue weighted by atomic mass is 10.0. The molecule has 1 fully saturated rings. The van der Waals surface area contributed by atoms with E-state index in [1.165, 1.54) is 6.42 Å². The lowest BCUT2D eigenvalue weighted by Crippen LogP contribution is -2.46. The van der Waals surface area contributed by atoms with Crippen LogP contribution >= 0.6 is 0 Å². The van der Waals surface area contributed by atoms with Crippen molar-refractivity contribution in [2.24, 2.45) is 0 Å². The fourth-order valence-electron chi connectivity index (χ4n) is 2.56. The van der Waals surface area contributed by atoms with Crippen LogP contribution in [0.4, 0.5) is 0 Å². The number of hydrogen-bond donors (Lipinski definition) is 1. The molecule has 0 saturated carbocycles. The van der Waals surface area contributed by atoms with Crippen molar-refractivity contribution in [3.8, 4) is 0 Å². The van der Waals surface area contributed by atoms with Gasteiger partial charge in [0.15, 0.2) is 0 Å². The molecule has 1 saturated heterocycles. The Kier molecular flexibility index (Phi) is 6.60. The average molecular weight is 276 g/mol. The van der Waals surface area contributed by atoms with Gasteiger partial charge in [-0.1, -0.05) is 33.6 Å². The molecule has 0 aromatic rings. The maximum atomic E-state index is 12.3. The fourth-order valence-corrected chi connectivity index (χ4v) is 4.24. The first-order chi connectivity index (χ1) is 8.47. The molecule has 0 spiro atoms. The molecule has 1 aliphatic rings. The van der Waals surface area contributed by atoms with Crippen LogP contribution < -0.4 is 5.32 Å². The van der Waals surface area contributed by atoms with E-state index in [0.29, 0.717) is 19.1 Å². The summed E-state index contributed by atoms with van der Waals surface area (Å²) in [5.74, 6) is 0.228. The maximum Gasteiger partial charge on any atom is 0.215 e. The summed E-state index contributed by atoms with van der Waals surface area (Å²) in [5.41, 5.74) is 0. The second kappa shape index (κ2) is 7.46. The van der Waals surface area contributed by atoms with Gasteiger partial charge in [-0.15, -0.1) is 0 Å². The van der Waals surface area contributed by atoms with Gasteiger partial charge >= 0.3 is 0 Å². The molecule has 1 N–H and O–H groups in total. The van der Waals surface area contributed by atoms with Crippen molar-refractivity contribution in [2.45, 2.75) is 65.0 Å². The van der Waals surface area contributed by atoms with Crippen LogP contribution in [0, 0.1) is 0 Å². The Morgan fingerprint density at radius 2 is 2.06 bits per heavy atom. The molecular weight excluding hydrogens is 248 g/mol. The van der Waals surface area contributed by atoms with E-state index in [4.69, 9.17) is 0 Å². The predicted molar refractivity (Wildman–Crippen MR) is 76.2 cm³/mol. The molecule has 108 valence electrons. The van der Waals surface area contributed by atoms with Crippen molar-refractivity contribution in [2.75, 3.05) is 18.8 Å². The molecular formula is C13H28N2O2S. The van der Waals surface area contributed by atoms with Gasteiger partial charge in [0.25, 0.3) is 0 Å². The molecule has 1 unspecified atom stereocenters. The molecule has 5 heteroatoms. The zero-order chi connectivity index (χ0) is 13.6. The largest absolute Gasteiger partial charge is 0.313 e. The average Bonchev–Trinajstić information content (AvgIpc) is 2.29. The normalized spacial score (nSPS) is 22.6. The van der Waals surface area contributed by atoms with Gasteiger partial charge in [0.05, 0.1) is 5.75 Å². The topological polar surface area (TPSA) is 49.4 Å². The Labute approximate surface area is 112 Å². The number of piperidine rings is 1. The van der Waals surface area contributed by atoms with E-state index in [9.17, 15) is 8.42 Å². The minimum absolute atomic E-state index is 0.228. The lowest BCUT2D eigenvalue weighted by molar-refractivity contribution is 0.239. The molecule has 4 nitrogen and oxygen atoms in total. The van der Waals surface area contributed by atoms with Gasteiger partial charge < -0.3 is 5.32 Å². The van der Waals surface area contributed by atoms with Crippen LogP contribution in [0.3, 0.4) is 0 Å². The highest BCUT2D eigenvalue weighted by molar-refractivity contribution is 7.89. The van der Waals surface area contributed by atoms with Gasteiger partial charge in [-0.25, -0.2) is 8.42 Å². The van der Waals surface area contributed by atoms with Crippen LogP contribution in [0.2, 0.25) is 0 Å². The van der Waals surface area contributed by atoms with Crippen LogP contribution in [-0.2, 0) is 10.0 Å². The van der Waals surface area contributed by atoms with Crippen molar-refractivity contribution in [1.29, 1.82) is 0 Å². The van der Waals surface area contributed by atoms with Gasteiger partial charge in [0.2, 0.25) is 10.0 Å². The van der Waals surface area contributed by atoms with Gasteiger partial charge in [0, 0.05) is 25.2 Å². The molecule has 18 heavy (non-hydrogen) atoms. The van der Waals surface area contributed by atoms with E-state index in [1.807, 2.05) is 13.8 Å². The third-order valence-corrected chi connectivity index (χ3v) is 5.38. The van der Waals surface area contributed by atoms with Crippen molar-refractivity contribution in [3.63, 3.8) is 0 Å². The van der Waals surface area contributed by atoms with Crippen LogP contribution in [0.1, 0.15) is 52.9 Å². The zero-order valence-electron chi connectivity index (χ0n) is 12.0. The summed E-state index contributed by atoms with van der Waals surface area (Å²) in [7, 11) is -3.08. The Morgan fingerprint density at radius 3 is 2.67 bits per heavy atom. The number of nitrogens with one attached hydrogen (secondary N) is 1. The molecule has 0 aromatic heterocycles. The van der Waals surface area contributed by atoms with E-state index in [0.717, 1.165) is 25.7 Å². The van der Waals surface area contributed by atoms with Crippen molar-refractivity contribution >= 4 is 10.0 Å². The highest BCUT2D eigenvalue weighted by atomic mass is 32.2. The summed E-state index contributed by atoms with van der Waals surface area (Å²) in [5, 5.41) is 3.18. The molecule has 1 aliphatic heterocycles. The summed E-state index contributed by atoms with van der Waals surface area (Å²) < 4.78 is 26.4. The zero-order valence-corrected chi connectivity index (χ0v) is 12.8. The van der Waals surface area contributed by atoms with Crippen LogP contribution in [0.5, 0.6) is 0 Å². The monoisotopic (exact) mass is 276 g/mol. The molecule has 0 radical (unpaired) electrons. The van der Waals surface area contributed by atoms with Gasteiger partial charge in [-0.3, -0.25) is 0 Å². The van der Waals surface area contributed by atoms with Crippen LogP contribution in [0.25, 0.3) is 0 Å². The quantitative estimate of drug-likeness (QED) is 0.773. The smallest absolute Gasteiger partial charge is 0.215 e. The second-order valence-corrected chi connectivity index (χ2v) is 7.51. The summed E-state index contributed by atoms with van der Waals surface area (Å²) in [6.07, 6.45) is 5.26. The third kappa shape index (κ3) is 4.86. The summed E-state index contributed by atoms with van der Waals surface area (Å²) in [6.45, 7) is 7.46. The second-order valence-electron chi connectivity index (χ2n) is 5.47. The van der Waals surface area contributed by atoms with Gasteiger partial charge in [0.1, 0.15) is 0 Å². The predicted octanol–water partition coefficient (Wildman–Crippen LogP) is 1.97. The Balaban J connectivity index is 2.57. The SMILES string of the molecule is CCCC1CCCCN1S(=O)(=O)CCNC(C)C. The first-order valence-electron chi connectivity index (χ1n) is 7.20. The Bertz CT molecular complexity index is 326. The number of nitrogens with zero attached hydrogens (tertiary/aromatic N) is 1. The Morgan fingerprint density at radius 1 is 1.33 bits per heavy atom. The maximum absolute atomic E-state index is 12.3. The number of hydrogen-bond acceptors (Lipinski definition) is 3. The molecule has 0 amide bonds. The van der Waals surface area contributed by atoms with E-state index in [1.54, 1.807) is 4.31 Å². The molecule has 0 aromatic carbocycles. The summed E-state index contributed by atoms with van der Waals surface area (Å²) in [4.78, 5) is 0. The molecule has 1 rings (SSSR count). The van der Waals surface area contributed by atoms with E-state index < -0.39 is 10.0 Å². The van der Waals surface area contributed by atoms with E-state index in [2.05, 4.69) is 12.2 Å². The van der Waals surface area contributed by atoms with E-state index >= 15 is 0 Å². The van der Waals surface area contributed by atoms with Gasteiger partial charge in [-0.2, -0.15) is 4.31 Å². The highest BCUT2D eigenvalue weighted by Crippen LogP contribution is 2.23. The first kappa shape index (κ1) is 15.9. The Hall–Kier alpha value is -0.130. The molecule has 1 heterocycles. The van der Waals surface area contributed by atoms with Crippen LogP contribution in [-0.4, -0.2) is 43.6 Å². The van der Waals surface area contributed by atoms with E-state index in [-0.39, 0.29) is 11.8 Å². The molecule has 0 bridgehead atoms. The minimum Gasteiger partial charge on any atom is -0.313 e. The highest BCUT2D eigenvalue weighted by Gasteiger charge is 2.31. The third-order valence-electron chi connectivity index (χ3n) is 3.46. The fraction of sp³-hybridized carbons (Fsp3) is 1.00. The number of rotatable bonds is 7. The van der Waals surface area contributed by atoms with Crippen LogP contribution in [0.15, 0.2) is 0 Å². The standard InChI is InChI=1S/C13H28N2O2S/c1-4-7-13-8-5-6-10-15(13)18(16,17)11-9-14-12(2)3/h12-14H,4-11H2,1-3H3. The molecule has 1 atom stereocenters. The lowest BCUT2D eigenvalue weighted by Gasteiger charge is -2.34. The van der Waals surface area contributed by atoms with Crippen molar-refractivity contribution < 1.29 is 8.42 Å². The van der Waals surface area contributed by atoms with Crippen molar-refractivity contribution in [1.82, 2.24) is 9.62 Å². The number of sulfonamides is 1. The summed E-state index contributed by atoms with van der Waals surface area (Å²) >= 11 is 0. The van der Waals surface area contributed by atoms with Gasteiger partial charge in [-0.05, 0) is 19.3 Å². The molecule has 0 aliphatic carbocycles. The van der Waals surface area contributed by atoms with Crippen molar-refractivity contribution in [3.05, 3.63) is 0 Å².